The van der Waals surface area contributed by atoms with Crippen LogP contribution in [0.25, 0.3) is 10.9 Å². The number of rotatable bonds is 4. The molecule has 0 aliphatic carbocycles. The Bertz CT molecular complexity index is 640. The molecule has 5 nitrogen and oxygen atoms in total. The molecule has 6 heteroatoms. The van der Waals surface area contributed by atoms with Crippen LogP contribution in [-0.2, 0) is 4.74 Å². The Morgan fingerprint density at radius 2 is 2.00 bits per heavy atom. The molecule has 0 bridgehead atoms. The highest BCUT2D eigenvalue weighted by molar-refractivity contribution is 14.1. The van der Waals surface area contributed by atoms with Crippen molar-refractivity contribution in [3.05, 3.63) is 33.9 Å². The molecule has 1 unspecified atom stereocenters. The van der Waals surface area contributed by atoms with Gasteiger partial charge in [-0.25, -0.2) is 4.98 Å². The highest BCUT2D eigenvalue weighted by atomic mass is 127. The lowest BCUT2D eigenvalue weighted by molar-refractivity contribution is -0.0658. The van der Waals surface area contributed by atoms with Crippen molar-refractivity contribution in [3.63, 3.8) is 0 Å². The number of anilines is 1. The molecule has 2 aromatic rings. The minimum Gasteiger partial charge on any atom is -0.392 e. The molecular formula is C16H20IN3O2. The van der Waals surface area contributed by atoms with E-state index < -0.39 is 0 Å². The minimum absolute atomic E-state index is 0.0311. The van der Waals surface area contributed by atoms with Gasteiger partial charge in [0, 0.05) is 42.2 Å². The third-order valence-corrected chi connectivity index (χ3v) is 4.78. The number of hydrogen-bond donors (Lipinski definition) is 1. The summed E-state index contributed by atoms with van der Waals surface area (Å²) in [5.41, 5.74) is 1.03. The van der Waals surface area contributed by atoms with E-state index >= 15 is 0 Å². The van der Waals surface area contributed by atoms with Gasteiger partial charge in [-0.1, -0.05) is 0 Å². The molecule has 1 saturated heterocycles. The van der Waals surface area contributed by atoms with Crippen LogP contribution in [-0.4, -0.2) is 61.1 Å². The maximum absolute atomic E-state index is 9.31. The van der Waals surface area contributed by atoms with Gasteiger partial charge in [0.05, 0.1) is 12.1 Å². The number of pyridine rings is 1. The van der Waals surface area contributed by atoms with E-state index in [1.54, 1.807) is 7.11 Å². The number of nitrogens with zero attached hydrogens (tertiary/aromatic N) is 3. The Morgan fingerprint density at radius 1 is 1.23 bits per heavy atom. The maximum Gasteiger partial charge on any atom is 0.133 e. The fraction of sp³-hybridized carbons (Fsp3) is 0.438. The lowest BCUT2D eigenvalue weighted by atomic mass is 10.2. The van der Waals surface area contributed by atoms with Gasteiger partial charge in [0.2, 0.25) is 0 Å². The van der Waals surface area contributed by atoms with Crippen LogP contribution in [0.1, 0.15) is 0 Å². The summed E-state index contributed by atoms with van der Waals surface area (Å²) in [5, 5.41) is 10.5. The monoisotopic (exact) mass is 413 g/mol. The largest absolute Gasteiger partial charge is 0.392 e. The summed E-state index contributed by atoms with van der Waals surface area (Å²) in [7, 11) is 1.64. The zero-order valence-corrected chi connectivity index (χ0v) is 14.7. The average molecular weight is 413 g/mol. The lowest BCUT2D eigenvalue weighted by Gasteiger charge is -2.38. The topological polar surface area (TPSA) is 48.8 Å². The van der Waals surface area contributed by atoms with Gasteiger partial charge in [-0.15, -0.1) is 0 Å². The van der Waals surface area contributed by atoms with E-state index in [4.69, 9.17) is 9.72 Å². The third-order valence-electron chi connectivity index (χ3n) is 4.11. The number of aromatic nitrogens is 1. The maximum atomic E-state index is 9.31. The van der Waals surface area contributed by atoms with Crippen molar-refractivity contribution in [1.82, 2.24) is 9.88 Å². The van der Waals surface area contributed by atoms with Crippen LogP contribution in [0.2, 0.25) is 0 Å². The fourth-order valence-electron chi connectivity index (χ4n) is 2.84. The zero-order chi connectivity index (χ0) is 15.5. The summed E-state index contributed by atoms with van der Waals surface area (Å²) in [6, 6.07) is 10.5. The molecular weight excluding hydrogens is 393 g/mol. The number of halogens is 1. The Morgan fingerprint density at radius 3 is 2.68 bits per heavy atom. The molecule has 1 N–H and O–H groups in total. The number of aliphatic hydroxyl groups excluding tert-OH is 1. The van der Waals surface area contributed by atoms with Gasteiger partial charge in [0.15, 0.2) is 0 Å². The van der Waals surface area contributed by atoms with Crippen molar-refractivity contribution in [2.75, 3.05) is 44.8 Å². The van der Waals surface area contributed by atoms with Gasteiger partial charge < -0.3 is 14.7 Å². The van der Waals surface area contributed by atoms with Gasteiger partial charge in [-0.2, -0.15) is 0 Å². The molecule has 0 saturated carbocycles. The van der Waals surface area contributed by atoms with Crippen LogP contribution in [0.3, 0.4) is 0 Å². The first kappa shape index (κ1) is 15.9. The normalized spacial score (nSPS) is 17.9. The standard InChI is InChI=1S/C16H20IN3O2/c1-22-16(11-21)20-8-6-19(7-9-20)15-5-2-12-10-13(17)3-4-14(12)18-15/h2-5,10,16,21H,6-9,11H2,1H3. The van der Waals surface area contributed by atoms with Gasteiger partial charge in [-0.05, 0) is 52.9 Å². The number of piperazine rings is 1. The third kappa shape index (κ3) is 3.34. The van der Waals surface area contributed by atoms with E-state index in [1.807, 2.05) is 0 Å². The molecule has 2 heterocycles. The number of aliphatic hydroxyl groups is 1. The summed E-state index contributed by atoms with van der Waals surface area (Å²) in [6.07, 6.45) is -0.200. The predicted octanol–water partition coefficient (Wildman–Crippen LogP) is 1.93. The van der Waals surface area contributed by atoms with Crippen molar-refractivity contribution >= 4 is 39.3 Å². The van der Waals surface area contributed by atoms with Crippen molar-refractivity contribution < 1.29 is 9.84 Å². The highest BCUT2D eigenvalue weighted by Crippen LogP contribution is 2.21. The summed E-state index contributed by atoms with van der Waals surface area (Å²) < 4.78 is 6.51. The molecule has 118 valence electrons. The van der Waals surface area contributed by atoms with Crippen LogP contribution in [0.4, 0.5) is 5.82 Å². The quantitative estimate of drug-likeness (QED) is 0.777. The first-order chi connectivity index (χ1) is 10.7. The highest BCUT2D eigenvalue weighted by Gasteiger charge is 2.23. The van der Waals surface area contributed by atoms with Gasteiger partial charge in [-0.3, -0.25) is 4.90 Å². The van der Waals surface area contributed by atoms with Gasteiger partial charge in [0.25, 0.3) is 0 Å². The molecule has 1 aromatic heterocycles. The van der Waals surface area contributed by atoms with Crippen LogP contribution in [0, 0.1) is 3.57 Å². The van der Waals surface area contributed by atoms with E-state index in [0.29, 0.717) is 0 Å². The van der Waals surface area contributed by atoms with Crippen LogP contribution in [0.5, 0.6) is 0 Å². The first-order valence-electron chi connectivity index (χ1n) is 7.40. The second-order valence-corrected chi connectivity index (χ2v) is 6.65. The molecule has 1 aliphatic rings. The van der Waals surface area contributed by atoms with Crippen LogP contribution >= 0.6 is 22.6 Å². The summed E-state index contributed by atoms with van der Waals surface area (Å²) in [4.78, 5) is 9.23. The average Bonchev–Trinajstić information content (AvgIpc) is 2.56. The van der Waals surface area contributed by atoms with Gasteiger partial charge >= 0.3 is 0 Å². The Hall–Kier alpha value is -0.960. The molecule has 1 aromatic carbocycles. The summed E-state index contributed by atoms with van der Waals surface area (Å²) in [5.74, 6) is 1.02. The first-order valence-corrected chi connectivity index (χ1v) is 8.48. The molecule has 3 rings (SSSR count). The second kappa shape index (κ2) is 7.08. The van der Waals surface area contributed by atoms with E-state index in [0.717, 1.165) is 37.5 Å². The van der Waals surface area contributed by atoms with Crippen LogP contribution in [0.15, 0.2) is 30.3 Å². The van der Waals surface area contributed by atoms with Gasteiger partial charge in [0.1, 0.15) is 12.0 Å². The van der Waals surface area contributed by atoms with E-state index in [-0.39, 0.29) is 12.8 Å². The van der Waals surface area contributed by atoms with Crippen molar-refractivity contribution in [2.24, 2.45) is 0 Å². The fourth-order valence-corrected chi connectivity index (χ4v) is 3.36. The van der Waals surface area contributed by atoms with Crippen LogP contribution < -0.4 is 4.90 Å². The van der Waals surface area contributed by atoms with Crippen molar-refractivity contribution in [1.29, 1.82) is 0 Å². The number of fused-ring (bicyclic) bond motifs is 1. The number of benzene rings is 1. The molecule has 22 heavy (non-hydrogen) atoms. The predicted molar refractivity (Wildman–Crippen MR) is 96.1 cm³/mol. The molecule has 1 atom stereocenters. The number of hydrogen-bond acceptors (Lipinski definition) is 5. The Kier molecular flexibility index (Phi) is 5.12. The molecule has 1 fully saturated rings. The molecule has 0 amide bonds. The zero-order valence-electron chi connectivity index (χ0n) is 12.6. The van der Waals surface area contributed by atoms with Crippen molar-refractivity contribution in [3.8, 4) is 0 Å². The van der Waals surface area contributed by atoms with E-state index in [1.165, 1.54) is 8.96 Å². The lowest BCUT2D eigenvalue weighted by Crippen LogP contribution is -2.52. The van der Waals surface area contributed by atoms with E-state index in [9.17, 15) is 5.11 Å². The molecule has 0 radical (unpaired) electrons. The summed E-state index contributed by atoms with van der Waals surface area (Å²) >= 11 is 2.32. The minimum atomic E-state index is -0.200. The Balaban J connectivity index is 1.72. The molecule has 0 spiro atoms. The number of ether oxygens (including phenoxy) is 1. The van der Waals surface area contributed by atoms with Crippen molar-refractivity contribution in [2.45, 2.75) is 6.23 Å². The van der Waals surface area contributed by atoms with E-state index in [2.05, 4.69) is 62.7 Å². The summed E-state index contributed by atoms with van der Waals surface area (Å²) in [6.45, 7) is 3.55. The Labute approximate surface area is 144 Å². The number of methoxy groups -OCH3 is 1. The second-order valence-electron chi connectivity index (χ2n) is 5.40. The SMILES string of the molecule is COC(CO)N1CCN(c2ccc3cc(I)ccc3n2)CC1. The smallest absolute Gasteiger partial charge is 0.133 e. The molecule has 1 aliphatic heterocycles.